The average molecular weight is 175 g/mol. The quantitative estimate of drug-likeness (QED) is 0.354. The lowest BCUT2D eigenvalue weighted by Gasteiger charge is -2.07. The molecule has 1 unspecified atom stereocenters. The van der Waals surface area contributed by atoms with Gasteiger partial charge in [-0.3, -0.25) is 0 Å². The molecule has 0 saturated heterocycles. The van der Waals surface area contributed by atoms with E-state index in [1.165, 1.54) is 0 Å². The van der Waals surface area contributed by atoms with Crippen molar-refractivity contribution in [3.8, 4) is 0 Å². The van der Waals surface area contributed by atoms with Crippen LogP contribution >= 0.6 is 11.6 Å². The van der Waals surface area contributed by atoms with Gasteiger partial charge in [-0.25, -0.2) is 0 Å². The second-order valence-electron chi connectivity index (χ2n) is 2.42. The van der Waals surface area contributed by atoms with Crippen molar-refractivity contribution in [2.45, 2.75) is 19.2 Å². The van der Waals surface area contributed by atoms with Gasteiger partial charge in [0, 0.05) is 0 Å². The summed E-state index contributed by atoms with van der Waals surface area (Å²) in [6.45, 7) is 8.76. The first-order valence-electron chi connectivity index (χ1n) is 3.66. The van der Waals surface area contributed by atoms with Gasteiger partial charge < -0.3 is 4.74 Å². The Bertz CT molecular complexity index is 140. The fourth-order valence-corrected chi connectivity index (χ4v) is 0.567. The lowest BCUT2D eigenvalue weighted by Crippen LogP contribution is -2.09. The highest BCUT2D eigenvalue weighted by atomic mass is 35.5. The predicted octanol–water partition coefficient (Wildman–Crippen LogP) is 2.76. The molecule has 0 aliphatic carbocycles. The van der Waals surface area contributed by atoms with Gasteiger partial charge in [0.05, 0.1) is 18.6 Å². The molecule has 1 atom stereocenters. The first-order valence-corrected chi connectivity index (χ1v) is 4.10. The molecule has 11 heavy (non-hydrogen) atoms. The van der Waals surface area contributed by atoms with E-state index in [0.29, 0.717) is 13.2 Å². The molecule has 0 saturated carbocycles. The minimum Gasteiger partial charge on any atom is -0.376 e. The zero-order valence-corrected chi connectivity index (χ0v) is 7.90. The molecule has 1 nitrogen and oxygen atoms in total. The molecule has 0 N–H and O–H groups in total. The molecule has 0 aromatic rings. The summed E-state index contributed by atoms with van der Waals surface area (Å²) in [4.78, 5) is 0. The van der Waals surface area contributed by atoms with E-state index >= 15 is 0 Å². The highest BCUT2D eigenvalue weighted by Gasteiger charge is 2.02. The molecule has 64 valence electrons. The molecule has 0 amide bonds. The summed E-state index contributed by atoms with van der Waals surface area (Å²) in [5.74, 6) is 0. The molecule has 2 heteroatoms. The van der Waals surface area contributed by atoms with Crippen LogP contribution in [0.4, 0.5) is 0 Å². The van der Waals surface area contributed by atoms with Gasteiger partial charge in [0.15, 0.2) is 0 Å². The molecular formula is C9H15ClO. The average Bonchev–Trinajstić information content (AvgIpc) is 1.97. The largest absolute Gasteiger partial charge is 0.376 e. The van der Waals surface area contributed by atoms with Crippen molar-refractivity contribution in [3.05, 3.63) is 24.3 Å². The van der Waals surface area contributed by atoms with Crippen LogP contribution in [0, 0.1) is 0 Å². The molecule has 0 heterocycles. The number of halogens is 1. The van der Waals surface area contributed by atoms with Gasteiger partial charge >= 0.3 is 0 Å². The lowest BCUT2D eigenvalue weighted by atomic mass is 10.2. The summed E-state index contributed by atoms with van der Waals surface area (Å²) < 4.78 is 5.22. The molecule has 0 aromatic carbocycles. The summed E-state index contributed by atoms with van der Waals surface area (Å²) >= 11 is 5.85. The Hall–Kier alpha value is -0.270. The number of ether oxygens (including phenoxy) is 1. The number of alkyl halides is 1. The van der Waals surface area contributed by atoms with Crippen molar-refractivity contribution in [1.29, 1.82) is 0 Å². The molecule has 0 aliphatic rings. The Morgan fingerprint density at radius 2 is 2.36 bits per heavy atom. The number of allylic oxidation sites excluding steroid dienone is 1. The van der Waals surface area contributed by atoms with E-state index in [0.717, 1.165) is 5.57 Å². The summed E-state index contributed by atoms with van der Waals surface area (Å²) in [6, 6.07) is 0. The van der Waals surface area contributed by atoms with Crippen molar-refractivity contribution in [1.82, 2.24) is 0 Å². The summed E-state index contributed by atoms with van der Waals surface area (Å²) in [5, 5.41) is -0.0553. The zero-order valence-electron chi connectivity index (χ0n) is 7.14. The molecule has 0 rings (SSSR count). The first kappa shape index (κ1) is 10.7. The molecule has 0 bridgehead atoms. The number of hydrogen-bond donors (Lipinski definition) is 0. The van der Waals surface area contributed by atoms with Gasteiger partial charge in [0.2, 0.25) is 0 Å². The Labute approximate surface area is 73.7 Å². The molecule has 0 aliphatic heterocycles. The second kappa shape index (κ2) is 6.44. The van der Waals surface area contributed by atoms with E-state index in [1.807, 2.05) is 26.0 Å². The fourth-order valence-electron chi connectivity index (χ4n) is 0.478. The third kappa shape index (κ3) is 6.14. The first-order chi connectivity index (χ1) is 5.18. The van der Waals surface area contributed by atoms with Crippen molar-refractivity contribution >= 4 is 11.6 Å². The van der Waals surface area contributed by atoms with Gasteiger partial charge in [-0.2, -0.15) is 0 Å². The monoisotopic (exact) mass is 174 g/mol. The van der Waals surface area contributed by atoms with Gasteiger partial charge in [-0.1, -0.05) is 24.3 Å². The van der Waals surface area contributed by atoms with Gasteiger partial charge in [-0.05, 0) is 13.8 Å². The summed E-state index contributed by atoms with van der Waals surface area (Å²) in [5.41, 5.74) is 0.951. The second-order valence-corrected chi connectivity index (χ2v) is 2.95. The van der Waals surface area contributed by atoms with Gasteiger partial charge in [-0.15, -0.1) is 11.6 Å². The third-order valence-corrected chi connectivity index (χ3v) is 1.75. The van der Waals surface area contributed by atoms with Crippen LogP contribution in [-0.4, -0.2) is 18.6 Å². The maximum atomic E-state index is 5.85. The van der Waals surface area contributed by atoms with Crippen LogP contribution in [-0.2, 0) is 4.74 Å². The van der Waals surface area contributed by atoms with Crippen LogP contribution in [0.1, 0.15) is 13.8 Å². The normalized spacial score (nSPS) is 13.7. The molecule has 0 aromatic heterocycles. The van der Waals surface area contributed by atoms with Crippen LogP contribution in [0.3, 0.4) is 0 Å². The lowest BCUT2D eigenvalue weighted by molar-refractivity contribution is 0.167. The SMILES string of the molecule is C=C(C)C(Cl)COCC=CC. The third-order valence-electron chi connectivity index (χ3n) is 1.25. The fraction of sp³-hybridized carbons (Fsp3) is 0.556. The van der Waals surface area contributed by atoms with Gasteiger partial charge in [0.25, 0.3) is 0 Å². The number of rotatable bonds is 5. The van der Waals surface area contributed by atoms with Crippen LogP contribution in [0.25, 0.3) is 0 Å². The zero-order chi connectivity index (χ0) is 8.69. The molecule has 0 radical (unpaired) electrons. The molecule has 0 spiro atoms. The topological polar surface area (TPSA) is 9.23 Å². The Balaban J connectivity index is 3.31. The highest BCUT2D eigenvalue weighted by Crippen LogP contribution is 2.06. The standard InChI is InChI=1S/C9H15ClO/c1-4-5-6-11-7-9(10)8(2)3/h4-5,9H,2,6-7H2,1,3H3. The number of hydrogen-bond acceptors (Lipinski definition) is 1. The Morgan fingerprint density at radius 3 is 2.82 bits per heavy atom. The van der Waals surface area contributed by atoms with Crippen molar-refractivity contribution in [3.63, 3.8) is 0 Å². The van der Waals surface area contributed by atoms with E-state index in [1.54, 1.807) is 0 Å². The highest BCUT2D eigenvalue weighted by molar-refractivity contribution is 6.22. The van der Waals surface area contributed by atoms with E-state index in [4.69, 9.17) is 16.3 Å². The van der Waals surface area contributed by atoms with Crippen molar-refractivity contribution < 1.29 is 4.74 Å². The van der Waals surface area contributed by atoms with E-state index < -0.39 is 0 Å². The smallest absolute Gasteiger partial charge is 0.0774 e. The van der Waals surface area contributed by atoms with Crippen molar-refractivity contribution in [2.24, 2.45) is 0 Å². The summed E-state index contributed by atoms with van der Waals surface area (Å²) in [6.07, 6.45) is 3.89. The maximum Gasteiger partial charge on any atom is 0.0774 e. The van der Waals surface area contributed by atoms with Gasteiger partial charge in [0.1, 0.15) is 0 Å². The predicted molar refractivity (Wildman–Crippen MR) is 50.1 cm³/mol. The molecular weight excluding hydrogens is 160 g/mol. The van der Waals surface area contributed by atoms with E-state index in [2.05, 4.69) is 6.58 Å². The molecule has 0 fully saturated rings. The maximum absolute atomic E-state index is 5.85. The van der Waals surface area contributed by atoms with Crippen LogP contribution < -0.4 is 0 Å². The van der Waals surface area contributed by atoms with Crippen LogP contribution in [0.2, 0.25) is 0 Å². The van der Waals surface area contributed by atoms with Crippen LogP contribution in [0.15, 0.2) is 24.3 Å². The van der Waals surface area contributed by atoms with E-state index in [9.17, 15) is 0 Å². The Morgan fingerprint density at radius 1 is 1.73 bits per heavy atom. The van der Waals surface area contributed by atoms with Crippen LogP contribution in [0.5, 0.6) is 0 Å². The minimum absolute atomic E-state index is 0.0553. The van der Waals surface area contributed by atoms with Crippen molar-refractivity contribution in [2.75, 3.05) is 13.2 Å². The Kier molecular flexibility index (Phi) is 6.28. The summed E-state index contributed by atoms with van der Waals surface area (Å²) in [7, 11) is 0. The minimum atomic E-state index is -0.0553. The van der Waals surface area contributed by atoms with E-state index in [-0.39, 0.29) is 5.38 Å².